The summed E-state index contributed by atoms with van der Waals surface area (Å²) in [6.07, 6.45) is 12.0. The van der Waals surface area contributed by atoms with E-state index in [1.807, 2.05) is 19.1 Å². The summed E-state index contributed by atoms with van der Waals surface area (Å²) in [4.78, 5) is 0. The van der Waals surface area contributed by atoms with Gasteiger partial charge in [0.25, 0.3) is 0 Å². The highest BCUT2D eigenvalue weighted by molar-refractivity contribution is 5.85. The van der Waals surface area contributed by atoms with E-state index in [1.54, 1.807) is 6.08 Å². The van der Waals surface area contributed by atoms with Gasteiger partial charge in [-0.25, -0.2) is 0 Å². The molecule has 0 atom stereocenters. The summed E-state index contributed by atoms with van der Waals surface area (Å²) in [6.45, 7) is 11.9. The van der Waals surface area contributed by atoms with Gasteiger partial charge in [0.2, 0.25) is 0 Å². The third kappa shape index (κ3) is 3.35. The predicted octanol–water partition coefficient (Wildman–Crippen LogP) is 6.54. The van der Waals surface area contributed by atoms with Crippen molar-refractivity contribution in [3.63, 3.8) is 0 Å². The highest BCUT2D eigenvalue weighted by Crippen LogP contribution is 2.32. The van der Waals surface area contributed by atoms with E-state index in [1.165, 1.54) is 27.8 Å². The van der Waals surface area contributed by atoms with Crippen LogP contribution in [0.2, 0.25) is 0 Å². The SMILES string of the molecule is C=C/C=C\c1ccccc1-c1cc(C)cc(C=C)c1/C=C\C. The zero-order chi connectivity index (χ0) is 15.9. The van der Waals surface area contributed by atoms with Crippen molar-refractivity contribution in [2.24, 2.45) is 0 Å². The van der Waals surface area contributed by atoms with E-state index in [-0.39, 0.29) is 0 Å². The van der Waals surface area contributed by atoms with Crippen LogP contribution in [0, 0.1) is 6.92 Å². The fourth-order valence-corrected chi connectivity index (χ4v) is 2.63. The fourth-order valence-electron chi connectivity index (χ4n) is 2.63. The number of aryl methyl sites for hydroxylation is 1. The van der Waals surface area contributed by atoms with Crippen LogP contribution < -0.4 is 0 Å². The topological polar surface area (TPSA) is 0 Å². The fraction of sp³-hybridized carbons (Fsp3) is 0.0909. The number of hydrogen-bond donors (Lipinski definition) is 0. The van der Waals surface area contributed by atoms with Gasteiger partial charge in [0.05, 0.1) is 0 Å². The van der Waals surface area contributed by atoms with Crippen molar-refractivity contribution < 1.29 is 0 Å². The zero-order valence-corrected chi connectivity index (χ0v) is 13.3. The average Bonchev–Trinajstić information content (AvgIpc) is 2.54. The summed E-state index contributed by atoms with van der Waals surface area (Å²) in [7, 11) is 0. The first-order valence-electron chi connectivity index (χ1n) is 7.49. The van der Waals surface area contributed by atoms with Gasteiger partial charge in [-0.1, -0.05) is 86.0 Å². The highest BCUT2D eigenvalue weighted by atomic mass is 14.1. The Balaban J connectivity index is 2.77. The maximum Gasteiger partial charge on any atom is -0.00969 e. The molecule has 0 amide bonds. The van der Waals surface area contributed by atoms with Gasteiger partial charge in [0.15, 0.2) is 0 Å². The predicted molar refractivity (Wildman–Crippen MR) is 101 cm³/mol. The quantitative estimate of drug-likeness (QED) is 0.547. The van der Waals surface area contributed by atoms with Crippen molar-refractivity contribution in [3.8, 4) is 11.1 Å². The van der Waals surface area contributed by atoms with Crippen LogP contribution in [-0.2, 0) is 0 Å². The molecule has 2 rings (SSSR count). The van der Waals surface area contributed by atoms with E-state index >= 15 is 0 Å². The smallest absolute Gasteiger partial charge is 0.00969 e. The lowest BCUT2D eigenvalue weighted by Crippen LogP contribution is -1.92. The van der Waals surface area contributed by atoms with Crippen LogP contribution in [-0.4, -0.2) is 0 Å². The van der Waals surface area contributed by atoms with Gasteiger partial charge in [-0.3, -0.25) is 0 Å². The van der Waals surface area contributed by atoms with Crippen molar-refractivity contribution in [2.75, 3.05) is 0 Å². The summed E-state index contributed by atoms with van der Waals surface area (Å²) in [5.74, 6) is 0. The third-order valence-corrected chi connectivity index (χ3v) is 3.57. The molecule has 0 bridgehead atoms. The van der Waals surface area contributed by atoms with Crippen molar-refractivity contribution in [1.82, 2.24) is 0 Å². The molecule has 0 heterocycles. The van der Waals surface area contributed by atoms with E-state index in [0.717, 1.165) is 5.56 Å². The Kier molecular flexibility index (Phi) is 5.32. The van der Waals surface area contributed by atoms with Crippen LogP contribution >= 0.6 is 0 Å². The normalized spacial score (nSPS) is 11.2. The van der Waals surface area contributed by atoms with Crippen LogP contribution in [0.4, 0.5) is 0 Å². The van der Waals surface area contributed by atoms with Gasteiger partial charge in [0, 0.05) is 0 Å². The van der Waals surface area contributed by atoms with Gasteiger partial charge in [-0.2, -0.15) is 0 Å². The lowest BCUT2D eigenvalue weighted by atomic mass is 9.90. The molecular weight excluding hydrogens is 264 g/mol. The first-order valence-corrected chi connectivity index (χ1v) is 7.49. The minimum Gasteiger partial charge on any atom is -0.0991 e. The molecule has 0 unspecified atom stereocenters. The molecule has 0 fully saturated rings. The maximum absolute atomic E-state index is 3.96. The van der Waals surface area contributed by atoms with E-state index in [9.17, 15) is 0 Å². The van der Waals surface area contributed by atoms with Crippen LogP contribution in [0.3, 0.4) is 0 Å². The molecule has 22 heavy (non-hydrogen) atoms. The van der Waals surface area contributed by atoms with Crippen molar-refractivity contribution in [2.45, 2.75) is 13.8 Å². The molecule has 2 aromatic rings. The van der Waals surface area contributed by atoms with Gasteiger partial charge < -0.3 is 0 Å². The van der Waals surface area contributed by atoms with Gasteiger partial charge >= 0.3 is 0 Å². The Labute approximate surface area is 133 Å². The van der Waals surface area contributed by atoms with Gasteiger partial charge in [0.1, 0.15) is 0 Å². The second-order valence-electron chi connectivity index (χ2n) is 5.20. The Morgan fingerprint density at radius 2 is 1.68 bits per heavy atom. The lowest BCUT2D eigenvalue weighted by Gasteiger charge is -2.14. The molecule has 2 aromatic carbocycles. The summed E-state index contributed by atoms with van der Waals surface area (Å²) >= 11 is 0. The minimum absolute atomic E-state index is 1.16. The standard InChI is InChI=1S/C22H22/c1-5-8-12-19-13-9-10-14-21(19)22-16-17(4)15-18(7-3)20(22)11-6-2/h5-16H,1,3H2,2,4H3/b11-6-,12-8-. The molecule has 0 radical (unpaired) electrons. The Hall–Kier alpha value is -2.60. The van der Waals surface area contributed by atoms with E-state index in [2.05, 4.69) is 74.7 Å². The summed E-state index contributed by atoms with van der Waals surface area (Å²) < 4.78 is 0. The largest absolute Gasteiger partial charge is 0.0991 e. The molecule has 110 valence electrons. The number of benzene rings is 2. The molecule has 0 aromatic heterocycles. The molecule has 0 nitrogen and oxygen atoms in total. The van der Waals surface area contributed by atoms with E-state index in [4.69, 9.17) is 0 Å². The van der Waals surface area contributed by atoms with Crippen LogP contribution in [0.25, 0.3) is 29.4 Å². The first-order chi connectivity index (χ1) is 10.7. The van der Waals surface area contributed by atoms with E-state index < -0.39 is 0 Å². The molecule has 0 aliphatic heterocycles. The molecule has 0 heteroatoms. The molecule has 0 aliphatic carbocycles. The Morgan fingerprint density at radius 3 is 2.36 bits per heavy atom. The van der Waals surface area contributed by atoms with Gasteiger partial charge in [-0.15, -0.1) is 0 Å². The van der Waals surface area contributed by atoms with E-state index in [0.29, 0.717) is 0 Å². The summed E-state index contributed by atoms with van der Waals surface area (Å²) in [5, 5.41) is 0. The van der Waals surface area contributed by atoms with Gasteiger partial charge in [-0.05, 0) is 47.2 Å². The summed E-state index contributed by atoms with van der Waals surface area (Å²) in [5.41, 5.74) is 7.25. The number of rotatable bonds is 5. The van der Waals surface area contributed by atoms with Crippen LogP contribution in [0.1, 0.15) is 29.2 Å². The molecule has 0 aliphatic rings. The second-order valence-corrected chi connectivity index (χ2v) is 5.20. The summed E-state index contributed by atoms with van der Waals surface area (Å²) in [6, 6.07) is 12.8. The number of hydrogen-bond acceptors (Lipinski definition) is 0. The Morgan fingerprint density at radius 1 is 0.909 bits per heavy atom. The lowest BCUT2D eigenvalue weighted by molar-refractivity contribution is 1.43. The zero-order valence-electron chi connectivity index (χ0n) is 13.3. The first kappa shape index (κ1) is 15.8. The molecule has 0 saturated carbocycles. The maximum atomic E-state index is 3.96. The van der Waals surface area contributed by atoms with Crippen molar-refractivity contribution in [1.29, 1.82) is 0 Å². The minimum atomic E-state index is 1.16. The second kappa shape index (κ2) is 7.42. The van der Waals surface area contributed by atoms with Crippen molar-refractivity contribution >= 4 is 18.2 Å². The monoisotopic (exact) mass is 286 g/mol. The number of allylic oxidation sites excluding steroid dienone is 3. The third-order valence-electron chi connectivity index (χ3n) is 3.57. The highest BCUT2D eigenvalue weighted by Gasteiger charge is 2.10. The average molecular weight is 286 g/mol. The molecule has 0 N–H and O–H groups in total. The van der Waals surface area contributed by atoms with Crippen molar-refractivity contribution in [3.05, 3.63) is 90.0 Å². The molecule has 0 saturated heterocycles. The van der Waals surface area contributed by atoms with Crippen LogP contribution in [0.5, 0.6) is 0 Å². The Bertz CT molecular complexity index is 743. The van der Waals surface area contributed by atoms with Crippen LogP contribution in [0.15, 0.2) is 67.8 Å². The molecule has 0 spiro atoms. The molecular formula is C22H22.